The molecule has 0 aliphatic carbocycles. The van der Waals surface area contributed by atoms with E-state index in [0.717, 1.165) is 19.6 Å². The highest BCUT2D eigenvalue weighted by molar-refractivity contribution is 4.58. The standard InChI is InChI=1S/C20H43NO5/c1-3-4-5-6-7-8-9-10-21(11-14-24-16-13-22)12-15-25-19-20-26-18-17-23-2/h22H,3-20H2,1-2H3. The minimum absolute atomic E-state index is 0.0872. The van der Waals surface area contributed by atoms with E-state index in [0.29, 0.717) is 46.2 Å². The molecule has 0 heterocycles. The fraction of sp³-hybridized carbons (Fsp3) is 1.00. The number of aliphatic hydroxyl groups excluding tert-OH is 1. The Morgan fingerprint density at radius 1 is 0.615 bits per heavy atom. The van der Waals surface area contributed by atoms with E-state index in [1.807, 2.05) is 0 Å². The summed E-state index contributed by atoms with van der Waals surface area (Å²) < 4.78 is 21.4. The highest BCUT2D eigenvalue weighted by Gasteiger charge is 2.05. The number of hydrogen-bond acceptors (Lipinski definition) is 6. The summed E-state index contributed by atoms with van der Waals surface area (Å²) in [6, 6.07) is 0. The zero-order chi connectivity index (χ0) is 19.1. The Balaban J connectivity index is 3.70. The molecular weight excluding hydrogens is 334 g/mol. The zero-order valence-electron chi connectivity index (χ0n) is 17.3. The molecule has 0 saturated carbocycles. The molecule has 0 rings (SSSR count). The van der Waals surface area contributed by atoms with Crippen molar-refractivity contribution in [2.24, 2.45) is 0 Å². The Hall–Kier alpha value is -0.240. The van der Waals surface area contributed by atoms with E-state index in [1.165, 1.54) is 44.9 Å². The molecule has 0 fully saturated rings. The van der Waals surface area contributed by atoms with Gasteiger partial charge in [-0.15, -0.1) is 0 Å². The number of ether oxygens (including phenoxy) is 4. The van der Waals surface area contributed by atoms with Crippen LogP contribution >= 0.6 is 0 Å². The highest BCUT2D eigenvalue weighted by atomic mass is 16.5. The molecule has 6 heteroatoms. The second kappa shape index (κ2) is 22.8. The van der Waals surface area contributed by atoms with E-state index in [1.54, 1.807) is 7.11 Å². The van der Waals surface area contributed by atoms with Gasteiger partial charge in [0.2, 0.25) is 0 Å². The van der Waals surface area contributed by atoms with Crippen molar-refractivity contribution in [2.45, 2.75) is 51.9 Å². The van der Waals surface area contributed by atoms with Crippen LogP contribution in [0.25, 0.3) is 0 Å². The molecule has 0 aromatic heterocycles. The molecule has 0 spiro atoms. The van der Waals surface area contributed by atoms with Gasteiger partial charge in [0.05, 0.1) is 52.9 Å². The summed E-state index contributed by atoms with van der Waals surface area (Å²) in [6.45, 7) is 9.50. The maximum atomic E-state index is 8.79. The summed E-state index contributed by atoms with van der Waals surface area (Å²) in [5, 5.41) is 8.79. The molecule has 0 aliphatic heterocycles. The van der Waals surface area contributed by atoms with E-state index < -0.39 is 0 Å². The topological polar surface area (TPSA) is 60.4 Å². The molecule has 0 radical (unpaired) electrons. The largest absolute Gasteiger partial charge is 0.394 e. The van der Waals surface area contributed by atoms with Gasteiger partial charge in [0.25, 0.3) is 0 Å². The SMILES string of the molecule is CCCCCCCCCN(CCOCCO)CCOCCOCCOC. The predicted molar refractivity (Wildman–Crippen MR) is 106 cm³/mol. The lowest BCUT2D eigenvalue weighted by atomic mass is 10.1. The van der Waals surface area contributed by atoms with Crippen molar-refractivity contribution in [2.75, 3.05) is 79.6 Å². The first-order chi connectivity index (χ1) is 12.8. The fourth-order valence-electron chi connectivity index (χ4n) is 2.65. The summed E-state index contributed by atoms with van der Waals surface area (Å²) in [4.78, 5) is 2.40. The van der Waals surface area contributed by atoms with Gasteiger partial charge in [-0.1, -0.05) is 45.4 Å². The number of hydrogen-bond donors (Lipinski definition) is 1. The van der Waals surface area contributed by atoms with Crippen LogP contribution in [0, 0.1) is 0 Å². The van der Waals surface area contributed by atoms with Crippen molar-refractivity contribution < 1.29 is 24.1 Å². The number of aliphatic hydroxyl groups is 1. The van der Waals surface area contributed by atoms with Crippen molar-refractivity contribution in [3.8, 4) is 0 Å². The third-order valence-electron chi connectivity index (χ3n) is 4.22. The monoisotopic (exact) mass is 377 g/mol. The van der Waals surface area contributed by atoms with Gasteiger partial charge in [0.15, 0.2) is 0 Å². The molecule has 0 atom stereocenters. The van der Waals surface area contributed by atoms with Gasteiger partial charge >= 0.3 is 0 Å². The molecule has 0 aromatic rings. The molecule has 0 amide bonds. The highest BCUT2D eigenvalue weighted by Crippen LogP contribution is 2.07. The van der Waals surface area contributed by atoms with E-state index in [4.69, 9.17) is 24.1 Å². The first kappa shape index (κ1) is 25.8. The van der Waals surface area contributed by atoms with Crippen LogP contribution in [-0.2, 0) is 18.9 Å². The van der Waals surface area contributed by atoms with Crippen molar-refractivity contribution in [3.63, 3.8) is 0 Å². The van der Waals surface area contributed by atoms with Crippen LogP contribution < -0.4 is 0 Å². The lowest BCUT2D eigenvalue weighted by molar-refractivity contribution is 0.0160. The van der Waals surface area contributed by atoms with Crippen LogP contribution in [0.2, 0.25) is 0 Å². The van der Waals surface area contributed by atoms with E-state index >= 15 is 0 Å². The fourth-order valence-corrected chi connectivity index (χ4v) is 2.65. The second-order valence-corrected chi connectivity index (χ2v) is 6.52. The second-order valence-electron chi connectivity index (χ2n) is 6.52. The number of unbranched alkanes of at least 4 members (excludes halogenated alkanes) is 6. The summed E-state index contributed by atoms with van der Waals surface area (Å²) in [5.41, 5.74) is 0. The molecular formula is C20H43NO5. The summed E-state index contributed by atoms with van der Waals surface area (Å²) in [5.74, 6) is 0. The van der Waals surface area contributed by atoms with Crippen LogP contribution in [0.4, 0.5) is 0 Å². The van der Waals surface area contributed by atoms with Crippen molar-refractivity contribution >= 4 is 0 Å². The van der Waals surface area contributed by atoms with E-state index in [-0.39, 0.29) is 6.61 Å². The summed E-state index contributed by atoms with van der Waals surface area (Å²) >= 11 is 0. The van der Waals surface area contributed by atoms with Gasteiger partial charge in [0.1, 0.15) is 0 Å². The Morgan fingerprint density at radius 2 is 1.15 bits per heavy atom. The Labute approximate surface area is 161 Å². The third kappa shape index (κ3) is 20.1. The molecule has 6 nitrogen and oxygen atoms in total. The van der Waals surface area contributed by atoms with Crippen LogP contribution in [0.3, 0.4) is 0 Å². The maximum Gasteiger partial charge on any atom is 0.0701 e. The number of methoxy groups -OCH3 is 1. The lowest BCUT2D eigenvalue weighted by Crippen LogP contribution is -2.32. The Morgan fingerprint density at radius 3 is 1.77 bits per heavy atom. The van der Waals surface area contributed by atoms with Crippen LogP contribution in [-0.4, -0.2) is 89.6 Å². The van der Waals surface area contributed by atoms with Crippen molar-refractivity contribution in [3.05, 3.63) is 0 Å². The van der Waals surface area contributed by atoms with Crippen LogP contribution in [0.5, 0.6) is 0 Å². The quantitative estimate of drug-likeness (QED) is 0.293. The zero-order valence-corrected chi connectivity index (χ0v) is 17.3. The van der Waals surface area contributed by atoms with Gasteiger partial charge in [-0.25, -0.2) is 0 Å². The van der Waals surface area contributed by atoms with E-state index in [2.05, 4.69) is 11.8 Å². The van der Waals surface area contributed by atoms with Crippen LogP contribution in [0.15, 0.2) is 0 Å². The predicted octanol–water partition coefficient (Wildman–Crippen LogP) is 2.73. The van der Waals surface area contributed by atoms with Gasteiger partial charge < -0.3 is 24.1 Å². The van der Waals surface area contributed by atoms with Gasteiger partial charge in [-0.05, 0) is 13.0 Å². The minimum Gasteiger partial charge on any atom is -0.394 e. The Bertz CT molecular complexity index is 256. The molecule has 0 saturated heterocycles. The lowest BCUT2D eigenvalue weighted by Gasteiger charge is -2.22. The average Bonchev–Trinajstić information content (AvgIpc) is 2.65. The van der Waals surface area contributed by atoms with E-state index in [9.17, 15) is 0 Å². The molecule has 0 bridgehead atoms. The smallest absolute Gasteiger partial charge is 0.0701 e. The van der Waals surface area contributed by atoms with Crippen molar-refractivity contribution in [1.82, 2.24) is 4.90 Å². The molecule has 158 valence electrons. The third-order valence-corrected chi connectivity index (χ3v) is 4.22. The molecule has 0 aliphatic rings. The van der Waals surface area contributed by atoms with Gasteiger partial charge in [-0.3, -0.25) is 4.90 Å². The van der Waals surface area contributed by atoms with Crippen molar-refractivity contribution in [1.29, 1.82) is 0 Å². The molecule has 26 heavy (non-hydrogen) atoms. The minimum atomic E-state index is 0.0872. The molecule has 1 N–H and O–H groups in total. The molecule has 0 unspecified atom stereocenters. The number of rotatable bonds is 22. The Kier molecular flexibility index (Phi) is 22.6. The number of nitrogens with zero attached hydrogens (tertiary/aromatic N) is 1. The first-order valence-corrected chi connectivity index (χ1v) is 10.4. The van der Waals surface area contributed by atoms with Gasteiger partial charge in [-0.2, -0.15) is 0 Å². The summed E-state index contributed by atoms with van der Waals surface area (Å²) in [7, 11) is 1.67. The van der Waals surface area contributed by atoms with Gasteiger partial charge in [0, 0.05) is 20.2 Å². The average molecular weight is 378 g/mol. The first-order valence-electron chi connectivity index (χ1n) is 10.4. The van der Waals surface area contributed by atoms with Crippen LogP contribution in [0.1, 0.15) is 51.9 Å². The normalized spacial score (nSPS) is 11.5. The summed E-state index contributed by atoms with van der Waals surface area (Å²) in [6.07, 6.45) is 9.26. The maximum absolute atomic E-state index is 8.79. The molecule has 0 aromatic carbocycles.